The highest BCUT2D eigenvalue weighted by atomic mass is 16.5. The highest BCUT2D eigenvalue weighted by Crippen LogP contribution is 2.29. The number of ether oxygens (including phenoxy) is 1. The highest BCUT2D eigenvalue weighted by molar-refractivity contribution is 5.31. The number of benzene rings is 1. The van der Waals surface area contributed by atoms with Gasteiger partial charge in [0.05, 0.1) is 11.7 Å². The van der Waals surface area contributed by atoms with Crippen LogP contribution in [0.4, 0.5) is 0 Å². The molecule has 0 aromatic heterocycles. The van der Waals surface area contributed by atoms with E-state index in [1.807, 2.05) is 31.2 Å². The molecule has 0 amide bonds. The molecule has 1 aliphatic carbocycles. The molecule has 0 bridgehead atoms. The van der Waals surface area contributed by atoms with Crippen LogP contribution in [0.25, 0.3) is 0 Å². The summed E-state index contributed by atoms with van der Waals surface area (Å²) in [7, 11) is 0. The lowest BCUT2D eigenvalue weighted by Crippen LogP contribution is -2.31. The van der Waals surface area contributed by atoms with Crippen LogP contribution in [-0.2, 0) is 5.60 Å². The fourth-order valence-electron chi connectivity index (χ4n) is 2.02. The van der Waals surface area contributed by atoms with E-state index in [2.05, 4.69) is 19.2 Å². The lowest BCUT2D eigenvalue weighted by molar-refractivity contribution is 0.0475. The molecule has 1 aromatic rings. The third-order valence-corrected chi connectivity index (χ3v) is 3.47. The summed E-state index contributed by atoms with van der Waals surface area (Å²) in [5, 5.41) is 13.8. The van der Waals surface area contributed by atoms with Crippen molar-refractivity contribution < 1.29 is 9.84 Å². The van der Waals surface area contributed by atoms with Crippen molar-refractivity contribution in [1.29, 1.82) is 0 Å². The Morgan fingerprint density at radius 1 is 1.32 bits per heavy atom. The smallest absolute Gasteiger partial charge is 0.119 e. The Hall–Kier alpha value is -1.06. The van der Waals surface area contributed by atoms with Crippen molar-refractivity contribution in [2.45, 2.75) is 57.8 Å². The van der Waals surface area contributed by atoms with Crippen LogP contribution in [0.1, 0.15) is 45.6 Å². The first kappa shape index (κ1) is 14.4. The fourth-order valence-corrected chi connectivity index (χ4v) is 2.02. The van der Waals surface area contributed by atoms with Crippen LogP contribution in [0.2, 0.25) is 0 Å². The maximum atomic E-state index is 10.5. The van der Waals surface area contributed by atoms with Gasteiger partial charge in [0, 0.05) is 6.04 Å². The Morgan fingerprint density at radius 2 is 1.95 bits per heavy atom. The van der Waals surface area contributed by atoms with Gasteiger partial charge >= 0.3 is 0 Å². The van der Waals surface area contributed by atoms with Gasteiger partial charge in [0.1, 0.15) is 5.75 Å². The fraction of sp³-hybridized carbons (Fsp3) is 0.625. The molecule has 106 valence electrons. The predicted molar refractivity (Wildman–Crippen MR) is 77.4 cm³/mol. The maximum Gasteiger partial charge on any atom is 0.119 e. The molecule has 1 aliphatic rings. The number of hydrogen-bond acceptors (Lipinski definition) is 3. The second-order valence-corrected chi connectivity index (χ2v) is 5.97. The summed E-state index contributed by atoms with van der Waals surface area (Å²) < 4.78 is 5.71. The molecule has 1 saturated carbocycles. The van der Waals surface area contributed by atoms with E-state index >= 15 is 0 Å². The van der Waals surface area contributed by atoms with E-state index in [-0.39, 0.29) is 0 Å². The zero-order valence-electron chi connectivity index (χ0n) is 12.1. The average Bonchev–Trinajstić information content (AvgIpc) is 3.13. The summed E-state index contributed by atoms with van der Waals surface area (Å²) in [6.07, 6.45) is 3.45. The third-order valence-electron chi connectivity index (χ3n) is 3.47. The molecule has 0 aliphatic heterocycles. The topological polar surface area (TPSA) is 41.5 Å². The predicted octanol–water partition coefficient (Wildman–Crippen LogP) is 2.82. The van der Waals surface area contributed by atoms with E-state index in [4.69, 9.17) is 4.74 Å². The molecule has 1 fully saturated rings. The van der Waals surface area contributed by atoms with E-state index in [0.29, 0.717) is 18.6 Å². The lowest BCUT2D eigenvalue weighted by Gasteiger charge is -2.25. The van der Waals surface area contributed by atoms with Gasteiger partial charge in [0.2, 0.25) is 0 Å². The lowest BCUT2D eigenvalue weighted by atomic mass is 9.92. The van der Waals surface area contributed by atoms with Crippen molar-refractivity contribution in [2.75, 3.05) is 6.54 Å². The van der Waals surface area contributed by atoms with Gasteiger partial charge in [-0.15, -0.1) is 0 Å². The normalized spacial score (nSPS) is 18.4. The highest BCUT2D eigenvalue weighted by Gasteiger charge is 2.25. The molecule has 0 heterocycles. The number of hydrogen-bond donors (Lipinski definition) is 2. The summed E-state index contributed by atoms with van der Waals surface area (Å²) in [6, 6.07) is 8.29. The van der Waals surface area contributed by atoms with Gasteiger partial charge in [-0.3, -0.25) is 0 Å². The number of rotatable bonds is 7. The van der Waals surface area contributed by atoms with Crippen LogP contribution in [-0.4, -0.2) is 23.8 Å². The second kappa shape index (κ2) is 5.93. The van der Waals surface area contributed by atoms with E-state index in [1.165, 1.54) is 12.8 Å². The Morgan fingerprint density at radius 3 is 2.47 bits per heavy atom. The van der Waals surface area contributed by atoms with Gasteiger partial charge in [0.25, 0.3) is 0 Å². The van der Waals surface area contributed by atoms with Crippen molar-refractivity contribution in [3.63, 3.8) is 0 Å². The van der Waals surface area contributed by atoms with Crippen molar-refractivity contribution in [3.05, 3.63) is 29.8 Å². The van der Waals surface area contributed by atoms with Crippen molar-refractivity contribution in [2.24, 2.45) is 0 Å². The van der Waals surface area contributed by atoms with Crippen LogP contribution in [0, 0.1) is 0 Å². The SMILES string of the molecule is CC(C)NCCC(C)(O)c1ccc(OC2CC2)cc1. The van der Waals surface area contributed by atoms with Gasteiger partial charge in [-0.1, -0.05) is 26.0 Å². The van der Waals surface area contributed by atoms with Crippen LogP contribution < -0.4 is 10.1 Å². The van der Waals surface area contributed by atoms with Gasteiger partial charge in [-0.2, -0.15) is 0 Å². The zero-order chi connectivity index (χ0) is 13.9. The molecule has 0 saturated heterocycles. The molecule has 0 spiro atoms. The number of nitrogens with one attached hydrogen (secondary N) is 1. The second-order valence-electron chi connectivity index (χ2n) is 5.97. The Bertz CT molecular complexity index is 394. The molecule has 1 unspecified atom stereocenters. The molecule has 19 heavy (non-hydrogen) atoms. The zero-order valence-corrected chi connectivity index (χ0v) is 12.1. The van der Waals surface area contributed by atoms with E-state index < -0.39 is 5.60 Å². The monoisotopic (exact) mass is 263 g/mol. The molecule has 3 nitrogen and oxygen atoms in total. The van der Waals surface area contributed by atoms with E-state index in [0.717, 1.165) is 17.9 Å². The van der Waals surface area contributed by atoms with Gasteiger partial charge in [-0.25, -0.2) is 0 Å². The van der Waals surface area contributed by atoms with Crippen LogP contribution in [0.5, 0.6) is 5.75 Å². The van der Waals surface area contributed by atoms with E-state index in [1.54, 1.807) is 0 Å². The van der Waals surface area contributed by atoms with Crippen molar-refractivity contribution in [3.8, 4) is 5.75 Å². The van der Waals surface area contributed by atoms with Crippen LogP contribution in [0.3, 0.4) is 0 Å². The summed E-state index contributed by atoms with van der Waals surface area (Å²) in [6.45, 7) is 6.90. The number of aliphatic hydroxyl groups is 1. The summed E-state index contributed by atoms with van der Waals surface area (Å²) >= 11 is 0. The first-order valence-corrected chi connectivity index (χ1v) is 7.20. The molecule has 2 N–H and O–H groups in total. The minimum Gasteiger partial charge on any atom is -0.490 e. The van der Waals surface area contributed by atoms with Gasteiger partial charge < -0.3 is 15.2 Å². The summed E-state index contributed by atoms with van der Waals surface area (Å²) in [5.41, 5.74) is 0.154. The molecule has 1 aromatic carbocycles. The molecular formula is C16H25NO2. The first-order valence-electron chi connectivity index (χ1n) is 7.20. The molecule has 3 heteroatoms. The van der Waals surface area contributed by atoms with Crippen molar-refractivity contribution in [1.82, 2.24) is 5.32 Å². The Kier molecular flexibility index (Phi) is 4.48. The van der Waals surface area contributed by atoms with Crippen LogP contribution >= 0.6 is 0 Å². The minimum atomic E-state index is -0.792. The Balaban J connectivity index is 1.90. The maximum absolute atomic E-state index is 10.5. The van der Waals surface area contributed by atoms with Crippen molar-refractivity contribution >= 4 is 0 Å². The van der Waals surface area contributed by atoms with Gasteiger partial charge in [-0.05, 0) is 50.4 Å². The summed E-state index contributed by atoms with van der Waals surface area (Å²) in [4.78, 5) is 0. The molecule has 2 rings (SSSR count). The standard InChI is InChI=1S/C16H25NO2/c1-12(2)17-11-10-16(3,18)13-4-6-14(7-5-13)19-15-8-9-15/h4-7,12,15,17-18H,8-11H2,1-3H3. The molecular weight excluding hydrogens is 238 g/mol. The summed E-state index contributed by atoms with van der Waals surface area (Å²) in [5.74, 6) is 0.905. The Labute approximate surface area is 116 Å². The quantitative estimate of drug-likeness (QED) is 0.795. The molecule has 1 atom stereocenters. The van der Waals surface area contributed by atoms with Crippen LogP contribution in [0.15, 0.2) is 24.3 Å². The molecule has 0 radical (unpaired) electrons. The minimum absolute atomic E-state index is 0.418. The van der Waals surface area contributed by atoms with E-state index in [9.17, 15) is 5.11 Å². The third kappa shape index (κ3) is 4.51. The average molecular weight is 263 g/mol. The first-order chi connectivity index (χ1) is 8.97. The largest absolute Gasteiger partial charge is 0.490 e. The van der Waals surface area contributed by atoms with Gasteiger partial charge in [0.15, 0.2) is 0 Å².